The molecule has 0 aromatic heterocycles. The average molecular weight is 332 g/mol. The molecule has 2 amide bonds. The second-order valence-corrected chi connectivity index (χ2v) is 5.26. The summed E-state index contributed by atoms with van der Waals surface area (Å²) in [4.78, 5) is 23.1. The molecule has 1 aliphatic heterocycles. The molecule has 4 N–H and O–H groups in total. The van der Waals surface area contributed by atoms with E-state index in [1.54, 1.807) is 30.3 Å². The molecule has 0 aliphatic carbocycles. The zero-order valence-corrected chi connectivity index (χ0v) is 11.8. The van der Waals surface area contributed by atoms with Gasteiger partial charge in [0.25, 0.3) is 11.8 Å². The lowest BCUT2D eigenvalue weighted by atomic mass is 10.1. The summed E-state index contributed by atoms with van der Waals surface area (Å²) in [6, 6.07) is 10.4. The van der Waals surface area contributed by atoms with Crippen molar-refractivity contribution in [2.75, 3.05) is 11.1 Å². The predicted molar refractivity (Wildman–Crippen MR) is 80.1 cm³/mol. The number of imide groups is 1. The Morgan fingerprint density at radius 2 is 1.75 bits per heavy atom. The zero-order chi connectivity index (χ0) is 14.3. The Morgan fingerprint density at radius 3 is 2.50 bits per heavy atom. The van der Waals surface area contributed by atoms with Crippen LogP contribution in [0.4, 0.5) is 17.1 Å². The van der Waals surface area contributed by atoms with E-state index >= 15 is 0 Å². The number of carbonyl (C=O) groups excluding carboxylic acids is 2. The van der Waals surface area contributed by atoms with Crippen LogP contribution in [-0.2, 0) is 0 Å². The molecule has 1 aliphatic rings. The minimum atomic E-state index is -0.370. The molecule has 6 heteroatoms. The van der Waals surface area contributed by atoms with Gasteiger partial charge in [0.05, 0.1) is 16.8 Å². The molecule has 0 atom stereocenters. The van der Waals surface area contributed by atoms with Gasteiger partial charge in [0.2, 0.25) is 0 Å². The molecule has 1 heterocycles. The predicted octanol–water partition coefficient (Wildman–Crippen LogP) is 2.66. The first-order chi connectivity index (χ1) is 9.54. The largest absolute Gasteiger partial charge is 0.399 e. The Bertz CT molecular complexity index is 743. The molecule has 0 radical (unpaired) electrons. The van der Waals surface area contributed by atoms with Crippen LogP contribution in [0.5, 0.6) is 0 Å². The van der Waals surface area contributed by atoms with Crippen molar-refractivity contribution < 1.29 is 9.59 Å². The van der Waals surface area contributed by atoms with Crippen LogP contribution >= 0.6 is 15.9 Å². The number of halogens is 1. The molecule has 5 nitrogen and oxygen atoms in total. The first-order valence-electron chi connectivity index (χ1n) is 5.86. The van der Waals surface area contributed by atoms with Gasteiger partial charge in [-0.3, -0.25) is 14.9 Å². The van der Waals surface area contributed by atoms with Crippen LogP contribution in [-0.4, -0.2) is 11.8 Å². The molecule has 0 saturated carbocycles. The third-order valence-electron chi connectivity index (χ3n) is 3.01. The smallest absolute Gasteiger partial charge is 0.259 e. The van der Waals surface area contributed by atoms with Crippen molar-refractivity contribution in [3.63, 3.8) is 0 Å². The van der Waals surface area contributed by atoms with Crippen LogP contribution in [0, 0.1) is 0 Å². The highest BCUT2D eigenvalue weighted by Crippen LogP contribution is 2.29. The number of fused-ring (bicyclic) bond motifs is 1. The fourth-order valence-electron chi connectivity index (χ4n) is 2.03. The fourth-order valence-corrected chi connectivity index (χ4v) is 2.53. The maximum atomic E-state index is 11.6. The van der Waals surface area contributed by atoms with E-state index in [1.807, 2.05) is 6.07 Å². The number of hydrogen-bond donors (Lipinski definition) is 3. The number of rotatable bonds is 2. The van der Waals surface area contributed by atoms with Crippen LogP contribution in [0.15, 0.2) is 40.9 Å². The van der Waals surface area contributed by atoms with Crippen LogP contribution in [0.25, 0.3) is 0 Å². The molecule has 100 valence electrons. The molecule has 0 unspecified atom stereocenters. The number of nitrogens with two attached hydrogens (primary N) is 1. The minimum Gasteiger partial charge on any atom is -0.399 e. The first-order valence-corrected chi connectivity index (χ1v) is 6.65. The van der Waals surface area contributed by atoms with Crippen LogP contribution < -0.4 is 16.4 Å². The highest BCUT2D eigenvalue weighted by Gasteiger charge is 2.26. The minimum absolute atomic E-state index is 0.356. The summed E-state index contributed by atoms with van der Waals surface area (Å²) in [6.45, 7) is 0. The lowest BCUT2D eigenvalue weighted by Gasteiger charge is -2.10. The maximum absolute atomic E-state index is 11.6. The topological polar surface area (TPSA) is 84.2 Å². The van der Waals surface area contributed by atoms with Gasteiger partial charge in [0.15, 0.2) is 0 Å². The second kappa shape index (κ2) is 4.64. The highest BCUT2D eigenvalue weighted by molar-refractivity contribution is 9.10. The lowest BCUT2D eigenvalue weighted by Crippen LogP contribution is -2.19. The quantitative estimate of drug-likeness (QED) is 0.583. The molecule has 0 saturated heterocycles. The molecule has 3 rings (SSSR count). The molecular formula is C14H10BrN3O2. The standard InChI is InChI=1S/C14H10BrN3O2/c15-11-5-7(16)1-4-12(11)17-8-2-3-9-10(6-8)14(20)18-13(9)19/h1-6,17H,16H2,(H,18,19,20). The summed E-state index contributed by atoms with van der Waals surface area (Å²) in [5, 5.41) is 5.43. The number of anilines is 3. The van der Waals surface area contributed by atoms with Gasteiger partial charge in [-0.05, 0) is 52.3 Å². The van der Waals surface area contributed by atoms with Gasteiger partial charge >= 0.3 is 0 Å². The number of amides is 2. The number of nitrogens with one attached hydrogen (secondary N) is 2. The van der Waals surface area contributed by atoms with Crippen molar-refractivity contribution in [1.29, 1.82) is 0 Å². The first kappa shape index (κ1) is 12.7. The number of benzene rings is 2. The van der Waals surface area contributed by atoms with Gasteiger partial charge in [-0.2, -0.15) is 0 Å². The molecule has 0 bridgehead atoms. The summed E-state index contributed by atoms with van der Waals surface area (Å²) < 4.78 is 0.818. The maximum Gasteiger partial charge on any atom is 0.259 e. The van der Waals surface area contributed by atoms with E-state index in [1.165, 1.54) is 0 Å². The fraction of sp³-hybridized carbons (Fsp3) is 0. The van der Waals surface area contributed by atoms with E-state index in [2.05, 4.69) is 26.6 Å². The Kier molecular flexibility index (Phi) is 2.94. The molecule has 2 aromatic carbocycles. The Balaban J connectivity index is 1.95. The van der Waals surface area contributed by atoms with Crippen molar-refractivity contribution in [2.45, 2.75) is 0 Å². The monoisotopic (exact) mass is 331 g/mol. The van der Waals surface area contributed by atoms with Crippen molar-refractivity contribution in [1.82, 2.24) is 5.32 Å². The van der Waals surface area contributed by atoms with E-state index in [0.29, 0.717) is 16.8 Å². The van der Waals surface area contributed by atoms with Crippen molar-refractivity contribution in [2.24, 2.45) is 0 Å². The summed E-state index contributed by atoms with van der Waals surface area (Å²) in [5.41, 5.74) is 8.66. The van der Waals surface area contributed by atoms with Crippen molar-refractivity contribution in [3.8, 4) is 0 Å². The zero-order valence-electron chi connectivity index (χ0n) is 10.2. The van der Waals surface area contributed by atoms with Gasteiger partial charge in [0, 0.05) is 15.8 Å². The van der Waals surface area contributed by atoms with Crippen molar-refractivity contribution in [3.05, 3.63) is 52.0 Å². The molecule has 0 spiro atoms. The number of carbonyl (C=O) groups is 2. The Morgan fingerprint density at radius 1 is 1.00 bits per heavy atom. The highest BCUT2D eigenvalue weighted by atomic mass is 79.9. The average Bonchev–Trinajstić information content (AvgIpc) is 2.68. The molecule has 2 aromatic rings. The normalized spacial score (nSPS) is 13.1. The van der Waals surface area contributed by atoms with Crippen LogP contribution in [0.3, 0.4) is 0 Å². The SMILES string of the molecule is Nc1ccc(Nc2ccc3c(c2)C(=O)NC3=O)c(Br)c1. The van der Waals surface area contributed by atoms with Gasteiger partial charge in [-0.25, -0.2) is 0 Å². The van der Waals surface area contributed by atoms with Gasteiger partial charge in [-0.15, -0.1) is 0 Å². The summed E-state index contributed by atoms with van der Waals surface area (Å²) in [6.07, 6.45) is 0. The van der Waals surface area contributed by atoms with Gasteiger partial charge in [0.1, 0.15) is 0 Å². The van der Waals surface area contributed by atoms with E-state index in [4.69, 9.17) is 5.73 Å². The molecular weight excluding hydrogens is 322 g/mol. The van der Waals surface area contributed by atoms with E-state index < -0.39 is 0 Å². The third kappa shape index (κ3) is 2.14. The van der Waals surface area contributed by atoms with Crippen LogP contribution in [0.2, 0.25) is 0 Å². The molecule has 20 heavy (non-hydrogen) atoms. The Labute approximate surface area is 123 Å². The van der Waals surface area contributed by atoms with E-state index in [0.717, 1.165) is 15.8 Å². The second-order valence-electron chi connectivity index (χ2n) is 4.41. The van der Waals surface area contributed by atoms with Crippen LogP contribution in [0.1, 0.15) is 20.7 Å². The lowest BCUT2D eigenvalue weighted by molar-refractivity contribution is 0.0879. The Hall–Kier alpha value is -2.34. The third-order valence-corrected chi connectivity index (χ3v) is 3.66. The number of nitrogen functional groups attached to an aromatic ring is 1. The number of hydrogen-bond acceptors (Lipinski definition) is 4. The van der Waals surface area contributed by atoms with E-state index in [9.17, 15) is 9.59 Å². The van der Waals surface area contributed by atoms with Gasteiger partial charge in [-0.1, -0.05) is 0 Å². The van der Waals surface area contributed by atoms with E-state index in [-0.39, 0.29) is 11.8 Å². The van der Waals surface area contributed by atoms with Gasteiger partial charge < -0.3 is 11.1 Å². The summed E-state index contributed by atoms with van der Waals surface area (Å²) in [5.74, 6) is -0.727. The summed E-state index contributed by atoms with van der Waals surface area (Å²) >= 11 is 3.41. The summed E-state index contributed by atoms with van der Waals surface area (Å²) in [7, 11) is 0. The molecule has 0 fully saturated rings. The van der Waals surface area contributed by atoms with Crippen molar-refractivity contribution >= 4 is 44.8 Å².